The fraction of sp³-hybridized carbons (Fsp3) is 0.571. The minimum Gasteiger partial charge on any atom is -0.492 e. The Balaban J connectivity index is 1.90. The molecule has 0 bridgehead atoms. The van der Waals surface area contributed by atoms with Gasteiger partial charge < -0.3 is 20.9 Å². The Bertz CT molecular complexity index is 1070. The van der Waals surface area contributed by atoms with Gasteiger partial charge in [-0.15, -0.1) is 5.10 Å². The molecule has 4 rings (SSSR count). The van der Waals surface area contributed by atoms with E-state index >= 15 is 0 Å². The third-order valence-corrected chi connectivity index (χ3v) is 5.34. The molecular weight excluding hydrogens is 386 g/mol. The Hall–Kier alpha value is -2.81. The Labute approximate surface area is 174 Å². The van der Waals surface area contributed by atoms with Crippen molar-refractivity contribution >= 4 is 23.4 Å². The number of carbonyl (C=O) groups is 1. The van der Waals surface area contributed by atoms with Crippen molar-refractivity contribution in [1.29, 1.82) is 0 Å². The first-order valence-corrected chi connectivity index (χ1v) is 10.4. The van der Waals surface area contributed by atoms with Crippen molar-refractivity contribution in [2.24, 2.45) is 11.3 Å². The van der Waals surface area contributed by atoms with E-state index in [1.807, 2.05) is 32.9 Å². The van der Waals surface area contributed by atoms with Gasteiger partial charge in [0.25, 0.3) is 11.5 Å². The van der Waals surface area contributed by atoms with Gasteiger partial charge in [-0.1, -0.05) is 32.9 Å². The topological polar surface area (TPSA) is 124 Å². The van der Waals surface area contributed by atoms with Crippen LogP contribution in [0.1, 0.15) is 56.0 Å². The largest absolute Gasteiger partial charge is 0.492 e. The van der Waals surface area contributed by atoms with Crippen LogP contribution >= 0.6 is 0 Å². The first-order valence-electron chi connectivity index (χ1n) is 10.4. The molecule has 2 fully saturated rings. The monoisotopic (exact) mass is 415 g/mol. The molecule has 9 nitrogen and oxygen atoms in total. The SMILES string of the molecule is CC(C)(C)Cn1c(=O)c(C(=O)NC2CC2)c(O)n2nc(N)c(/C=C/C3CCOC3)c12. The van der Waals surface area contributed by atoms with E-state index in [0.29, 0.717) is 31.0 Å². The lowest BCUT2D eigenvalue weighted by molar-refractivity contribution is 0.0944. The molecular formula is C21H29N5O4. The normalized spacial score (nSPS) is 19.8. The molecule has 1 aliphatic carbocycles. The molecule has 1 atom stereocenters. The smallest absolute Gasteiger partial charge is 0.270 e. The molecule has 9 heteroatoms. The van der Waals surface area contributed by atoms with Crippen LogP contribution in [0.15, 0.2) is 10.9 Å². The van der Waals surface area contributed by atoms with E-state index in [0.717, 1.165) is 19.3 Å². The average molecular weight is 415 g/mol. The Morgan fingerprint density at radius 3 is 2.70 bits per heavy atom. The summed E-state index contributed by atoms with van der Waals surface area (Å²) in [6.07, 6.45) is 6.50. The standard InChI is InChI=1S/C21H29N5O4/c1-21(2,3)11-25-18-14(7-4-12-8-9-30-10-12)16(22)24-26(18)20(29)15(19(25)28)17(27)23-13-5-6-13/h4,7,12-13,29H,5-6,8-11H2,1-3H3,(H2,22,24)(H,23,27)/b7-4+. The van der Waals surface area contributed by atoms with Crippen molar-refractivity contribution in [3.8, 4) is 5.88 Å². The second-order valence-electron chi connectivity index (χ2n) is 9.42. The van der Waals surface area contributed by atoms with E-state index in [1.54, 1.807) is 0 Å². The number of nitrogens with zero attached hydrogens (tertiary/aromatic N) is 3. The van der Waals surface area contributed by atoms with Gasteiger partial charge in [0.2, 0.25) is 5.88 Å². The van der Waals surface area contributed by atoms with Gasteiger partial charge in [0.15, 0.2) is 17.0 Å². The van der Waals surface area contributed by atoms with E-state index in [-0.39, 0.29) is 28.8 Å². The van der Waals surface area contributed by atoms with Crippen molar-refractivity contribution in [1.82, 2.24) is 19.5 Å². The Kier molecular flexibility index (Phi) is 5.09. The van der Waals surface area contributed by atoms with Crippen LogP contribution in [0.4, 0.5) is 5.82 Å². The van der Waals surface area contributed by atoms with Crippen LogP contribution in [0, 0.1) is 11.3 Å². The van der Waals surface area contributed by atoms with Crippen LogP contribution in [0.25, 0.3) is 11.7 Å². The Morgan fingerprint density at radius 2 is 2.10 bits per heavy atom. The molecule has 4 N–H and O–H groups in total. The number of amides is 1. The van der Waals surface area contributed by atoms with E-state index < -0.39 is 17.3 Å². The molecule has 2 aliphatic rings. The molecule has 1 aliphatic heterocycles. The van der Waals surface area contributed by atoms with Crippen molar-refractivity contribution in [3.05, 3.63) is 27.6 Å². The number of ether oxygens (including phenoxy) is 1. The summed E-state index contributed by atoms with van der Waals surface area (Å²) in [5, 5.41) is 17.8. The zero-order valence-electron chi connectivity index (χ0n) is 17.6. The van der Waals surface area contributed by atoms with E-state index in [1.165, 1.54) is 9.08 Å². The maximum atomic E-state index is 13.4. The molecule has 30 heavy (non-hydrogen) atoms. The second kappa shape index (κ2) is 7.46. The number of anilines is 1. The van der Waals surface area contributed by atoms with Crippen LogP contribution in [-0.4, -0.2) is 44.5 Å². The number of nitrogens with one attached hydrogen (secondary N) is 1. The number of carbonyl (C=O) groups excluding carboxylic acids is 1. The second-order valence-corrected chi connectivity index (χ2v) is 9.42. The molecule has 0 spiro atoms. The van der Waals surface area contributed by atoms with Crippen molar-refractivity contribution in [3.63, 3.8) is 0 Å². The van der Waals surface area contributed by atoms with Crippen LogP contribution in [0.3, 0.4) is 0 Å². The van der Waals surface area contributed by atoms with Crippen LogP contribution in [-0.2, 0) is 11.3 Å². The van der Waals surface area contributed by atoms with Crippen molar-refractivity contribution < 1.29 is 14.6 Å². The zero-order chi connectivity index (χ0) is 21.6. The third-order valence-electron chi connectivity index (χ3n) is 5.34. The fourth-order valence-corrected chi connectivity index (χ4v) is 3.68. The summed E-state index contributed by atoms with van der Waals surface area (Å²) >= 11 is 0. The molecule has 162 valence electrons. The molecule has 0 radical (unpaired) electrons. The Morgan fingerprint density at radius 1 is 1.37 bits per heavy atom. The number of aromatic nitrogens is 3. The van der Waals surface area contributed by atoms with Gasteiger partial charge >= 0.3 is 0 Å². The fourth-order valence-electron chi connectivity index (χ4n) is 3.68. The summed E-state index contributed by atoms with van der Waals surface area (Å²) < 4.78 is 8.11. The number of fused-ring (bicyclic) bond motifs is 1. The summed E-state index contributed by atoms with van der Waals surface area (Å²) in [4.78, 5) is 26.1. The lowest BCUT2D eigenvalue weighted by Crippen LogP contribution is -2.37. The van der Waals surface area contributed by atoms with E-state index in [4.69, 9.17) is 10.5 Å². The van der Waals surface area contributed by atoms with Gasteiger partial charge in [0, 0.05) is 25.1 Å². The third kappa shape index (κ3) is 3.94. The highest BCUT2D eigenvalue weighted by Crippen LogP contribution is 2.28. The maximum Gasteiger partial charge on any atom is 0.270 e. The summed E-state index contributed by atoms with van der Waals surface area (Å²) in [7, 11) is 0. The van der Waals surface area contributed by atoms with Crippen LogP contribution < -0.4 is 16.6 Å². The van der Waals surface area contributed by atoms with Gasteiger partial charge in [-0.3, -0.25) is 14.2 Å². The quantitative estimate of drug-likeness (QED) is 0.684. The molecule has 0 aromatic carbocycles. The molecule has 1 saturated heterocycles. The molecule has 3 heterocycles. The average Bonchev–Trinajstić information content (AvgIpc) is 3.18. The molecule has 1 amide bonds. The first kappa shape index (κ1) is 20.5. The van der Waals surface area contributed by atoms with Gasteiger partial charge in [-0.25, -0.2) is 0 Å². The van der Waals surface area contributed by atoms with Crippen LogP contribution in [0.2, 0.25) is 0 Å². The van der Waals surface area contributed by atoms with Gasteiger partial charge in [0.1, 0.15) is 0 Å². The molecule has 2 aromatic rings. The number of rotatable bonds is 5. The number of nitrogens with two attached hydrogens (primary N) is 1. The highest BCUT2D eigenvalue weighted by Gasteiger charge is 2.31. The number of nitrogen functional groups attached to an aromatic ring is 1. The van der Waals surface area contributed by atoms with Gasteiger partial charge in [0.05, 0.1) is 12.2 Å². The summed E-state index contributed by atoms with van der Waals surface area (Å²) in [5.41, 5.74) is 5.98. The predicted octanol–water partition coefficient (Wildman–Crippen LogP) is 1.77. The minimum absolute atomic E-state index is 0.0536. The lowest BCUT2D eigenvalue weighted by Gasteiger charge is -2.22. The van der Waals surface area contributed by atoms with E-state index in [9.17, 15) is 14.7 Å². The lowest BCUT2D eigenvalue weighted by atomic mass is 9.96. The molecule has 1 unspecified atom stereocenters. The summed E-state index contributed by atoms with van der Waals surface area (Å²) in [6, 6.07) is 0.0536. The minimum atomic E-state index is -0.584. The summed E-state index contributed by atoms with van der Waals surface area (Å²) in [6.45, 7) is 7.68. The highest BCUT2D eigenvalue weighted by molar-refractivity contribution is 5.97. The maximum absolute atomic E-state index is 13.4. The zero-order valence-corrected chi connectivity index (χ0v) is 17.6. The van der Waals surface area contributed by atoms with Gasteiger partial charge in [-0.05, 0) is 24.7 Å². The van der Waals surface area contributed by atoms with Gasteiger partial charge in [-0.2, -0.15) is 4.52 Å². The number of hydrogen-bond acceptors (Lipinski definition) is 6. The predicted molar refractivity (Wildman–Crippen MR) is 113 cm³/mol. The summed E-state index contributed by atoms with van der Waals surface area (Å²) in [5.74, 6) is -0.630. The van der Waals surface area contributed by atoms with E-state index in [2.05, 4.69) is 10.4 Å². The van der Waals surface area contributed by atoms with Crippen molar-refractivity contribution in [2.75, 3.05) is 18.9 Å². The van der Waals surface area contributed by atoms with Crippen LogP contribution in [0.5, 0.6) is 5.88 Å². The van der Waals surface area contributed by atoms with Crippen molar-refractivity contribution in [2.45, 2.75) is 52.6 Å². The molecule has 1 saturated carbocycles. The first-order chi connectivity index (χ1) is 14.2. The molecule has 2 aromatic heterocycles. The number of aromatic hydroxyl groups is 1. The highest BCUT2D eigenvalue weighted by atomic mass is 16.5. The number of hydrogen-bond donors (Lipinski definition) is 3.